The van der Waals surface area contributed by atoms with Crippen molar-refractivity contribution in [2.24, 2.45) is 62.6 Å². The van der Waals surface area contributed by atoms with E-state index < -0.39 is 11.4 Å². The monoisotopic (exact) mass is 721 g/mol. The third-order valence-corrected chi connectivity index (χ3v) is 15.9. The van der Waals surface area contributed by atoms with Gasteiger partial charge < -0.3 is 9.84 Å². The first-order valence-electron chi connectivity index (χ1n) is 20.6. The van der Waals surface area contributed by atoms with Crippen LogP contribution in [-0.2, 0) is 25.5 Å². The van der Waals surface area contributed by atoms with Crippen molar-refractivity contribution < 1.29 is 28.6 Å². The molecule has 0 spiro atoms. The number of hydrogen-bond donors (Lipinski definition) is 1. The van der Waals surface area contributed by atoms with Crippen molar-refractivity contribution in [1.82, 2.24) is 0 Å². The Balaban J connectivity index is 0.000000507. The number of ether oxygens (including phenoxy) is 1. The summed E-state index contributed by atoms with van der Waals surface area (Å²) < 4.78 is 18.4. The van der Waals surface area contributed by atoms with Crippen molar-refractivity contribution >= 4 is 17.7 Å². The smallest absolute Gasteiger partial charge is 0.309 e. The van der Waals surface area contributed by atoms with Gasteiger partial charge in [-0.05, 0) is 141 Å². The van der Waals surface area contributed by atoms with E-state index in [4.69, 9.17) is 4.74 Å². The van der Waals surface area contributed by atoms with Gasteiger partial charge in [-0.25, -0.2) is 4.39 Å². The molecule has 9 atom stereocenters. The number of carbonyl (C=O) groups is 3. The van der Waals surface area contributed by atoms with Crippen LogP contribution in [0, 0.1) is 68.4 Å². The fourth-order valence-corrected chi connectivity index (χ4v) is 12.9. The minimum atomic E-state index is -1.13. The lowest BCUT2D eigenvalue weighted by Crippen LogP contribution is -2.63. The van der Waals surface area contributed by atoms with Crippen LogP contribution in [0.1, 0.15) is 152 Å². The molecule has 0 aromatic heterocycles. The molecule has 1 aromatic rings. The molecular formula is C46H69FO5. The third kappa shape index (κ3) is 6.84. The first-order chi connectivity index (χ1) is 24.2. The minimum Gasteiger partial charge on any atom is -0.481 e. The lowest BCUT2D eigenvalue weighted by atomic mass is 9.36. The van der Waals surface area contributed by atoms with Crippen LogP contribution in [0.25, 0.3) is 0 Å². The Morgan fingerprint density at radius 1 is 0.904 bits per heavy atom. The second-order valence-electron chi connectivity index (χ2n) is 19.7. The molecule has 52 heavy (non-hydrogen) atoms. The summed E-state index contributed by atoms with van der Waals surface area (Å²) in [6, 6.07) is 6.57. The summed E-state index contributed by atoms with van der Waals surface area (Å²) in [7, 11) is 0. The summed E-state index contributed by atoms with van der Waals surface area (Å²) in [5.41, 5.74) is 3.19. The molecule has 0 bridgehead atoms. The zero-order valence-corrected chi connectivity index (χ0v) is 34.3. The van der Waals surface area contributed by atoms with E-state index in [1.54, 1.807) is 31.6 Å². The number of hydrogen-bond acceptors (Lipinski definition) is 4. The molecule has 6 rings (SSSR count). The van der Waals surface area contributed by atoms with Gasteiger partial charge in [0.1, 0.15) is 11.9 Å². The molecule has 4 saturated carbocycles. The van der Waals surface area contributed by atoms with Crippen molar-refractivity contribution in [3.05, 3.63) is 46.8 Å². The maximum atomic E-state index is 13.6. The number of esters is 1. The molecule has 290 valence electrons. The highest BCUT2D eigenvalue weighted by Crippen LogP contribution is 2.73. The van der Waals surface area contributed by atoms with Gasteiger partial charge >= 0.3 is 11.9 Å². The second kappa shape index (κ2) is 14.6. The van der Waals surface area contributed by atoms with Crippen molar-refractivity contribution in [1.29, 1.82) is 0 Å². The number of carbonyl (C=O) groups excluding carboxylic acids is 2. The molecule has 0 heterocycles. The van der Waals surface area contributed by atoms with Crippen LogP contribution in [-0.4, -0.2) is 28.9 Å². The summed E-state index contributed by atoms with van der Waals surface area (Å²) in [6.07, 6.45) is 11.6. The number of ketones is 1. The summed E-state index contributed by atoms with van der Waals surface area (Å²) >= 11 is 0. The van der Waals surface area contributed by atoms with Crippen LogP contribution in [0.15, 0.2) is 35.4 Å². The second-order valence-corrected chi connectivity index (χ2v) is 19.7. The predicted octanol–water partition coefficient (Wildman–Crippen LogP) is 11.4. The van der Waals surface area contributed by atoms with Gasteiger partial charge in [0.05, 0.1) is 11.8 Å². The topological polar surface area (TPSA) is 80.7 Å². The highest BCUT2D eigenvalue weighted by Gasteiger charge is 2.67. The highest BCUT2D eigenvalue weighted by molar-refractivity contribution is 6.00. The highest BCUT2D eigenvalue weighted by atomic mass is 19.1. The number of aliphatic carboxylic acids is 1. The van der Waals surface area contributed by atoms with Crippen molar-refractivity contribution in [2.45, 2.75) is 159 Å². The van der Waals surface area contributed by atoms with E-state index in [1.807, 2.05) is 6.92 Å². The zero-order chi connectivity index (χ0) is 38.6. The number of halogens is 1. The van der Waals surface area contributed by atoms with E-state index >= 15 is 0 Å². The Labute approximate surface area is 314 Å². The molecule has 0 saturated heterocycles. The SMILES string of the molecule is CCC(C)C12CCC3C(CCC4C3(C)CCC3C(C)(C)C(OC(=O)CC(C)(C)C(=O)O)CCC34C)C1=C(C(C)C)C(=O)C2.CCc1ccc(F)cc1. The number of rotatable bonds is 8. The number of carboxylic acid groups (broad SMARTS) is 1. The third-order valence-electron chi connectivity index (χ3n) is 15.9. The Kier molecular flexibility index (Phi) is 11.4. The first-order valence-corrected chi connectivity index (χ1v) is 20.6. The van der Waals surface area contributed by atoms with Gasteiger partial charge in [0.25, 0.3) is 0 Å². The zero-order valence-electron chi connectivity index (χ0n) is 34.3. The van der Waals surface area contributed by atoms with E-state index in [1.165, 1.54) is 55.4 Å². The van der Waals surface area contributed by atoms with Crippen LogP contribution in [0.2, 0.25) is 0 Å². The first kappa shape index (κ1) is 40.7. The van der Waals surface area contributed by atoms with Gasteiger partial charge in [-0.15, -0.1) is 0 Å². The van der Waals surface area contributed by atoms with Gasteiger partial charge in [0, 0.05) is 17.3 Å². The Morgan fingerprint density at radius 2 is 1.54 bits per heavy atom. The Bertz CT molecular complexity index is 1540. The van der Waals surface area contributed by atoms with Gasteiger partial charge in [0.2, 0.25) is 0 Å². The predicted molar refractivity (Wildman–Crippen MR) is 206 cm³/mol. The van der Waals surface area contributed by atoms with Gasteiger partial charge in [0.15, 0.2) is 5.78 Å². The Morgan fingerprint density at radius 3 is 2.12 bits per heavy atom. The molecule has 0 aliphatic heterocycles. The maximum Gasteiger partial charge on any atom is 0.309 e. The number of Topliss-reactive ketones (excluding diaryl/α,β-unsaturated/α-hetero) is 1. The fraction of sp³-hybridized carbons (Fsp3) is 0.761. The van der Waals surface area contributed by atoms with E-state index in [2.05, 4.69) is 55.4 Å². The van der Waals surface area contributed by atoms with Crippen LogP contribution in [0.3, 0.4) is 0 Å². The molecule has 5 aliphatic carbocycles. The number of fused-ring (bicyclic) bond motifs is 7. The molecule has 4 fully saturated rings. The molecule has 6 heteroatoms. The quantitative estimate of drug-likeness (QED) is 0.270. The largest absolute Gasteiger partial charge is 0.481 e. The summed E-state index contributed by atoms with van der Waals surface area (Å²) in [5, 5.41) is 9.53. The fourth-order valence-electron chi connectivity index (χ4n) is 12.9. The molecule has 1 aromatic carbocycles. The van der Waals surface area contributed by atoms with E-state index in [0.717, 1.165) is 38.5 Å². The average Bonchev–Trinajstić information content (AvgIpc) is 3.39. The molecular weight excluding hydrogens is 651 g/mol. The summed E-state index contributed by atoms with van der Waals surface area (Å²) in [6.45, 7) is 24.2. The number of allylic oxidation sites excluding steroid dienone is 2. The van der Waals surface area contributed by atoms with Crippen LogP contribution >= 0.6 is 0 Å². The molecule has 0 amide bonds. The lowest BCUT2D eigenvalue weighted by molar-refractivity contribution is -0.214. The molecule has 5 nitrogen and oxygen atoms in total. The summed E-state index contributed by atoms with van der Waals surface area (Å²) in [5.74, 6) is 2.01. The number of benzene rings is 1. The number of carboxylic acids is 1. The Hall–Kier alpha value is -2.50. The minimum absolute atomic E-state index is 0.0794. The van der Waals surface area contributed by atoms with E-state index in [-0.39, 0.29) is 46.0 Å². The standard InChI is InChI=1S/C38H60O5.C8H9F/c1-11-23(4)38-19-14-25-24(32(38)31(22(2)3)26(39)20-38)12-13-28-36(25,9)17-15-27-35(7,8)29(16-18-37(27,28)10)43-30(40)21-34(5,6)33(41)42;1-2-7-3-5-8(9)6-4-7/h22-25,27-29H,11-21H2,1-10H3,(H,41,42);3-6H,2H2,1H3. The molecule has 5 aliphatic rings. The van der Waals surface area contributed by atoms with Gasteiger partial charge in [-0.3, -0.25) is 14.4 Å². The molecule has 0 radical (unpaired) electrons. The van der Waals surface area contributed by atoms with Crippen LogP contribution in [0.4, 0.5) is 4.39 Å². The maximum absolute atomic E-state index is 13.6. The average molecular weight is 721 g/mol. The van der Waals surface area contributed by atoms with Crippen molar-refractivity contribution in [3.8, 4) is 0 Å². The normalized spacial score (nSPS) is 35.7. The number of aryl methyl sites for hydroxylation is 1. The van der Waals surface area contributed by atoms with Crippen LogP contribution in [0.5, 0.6) is 0 Å². The van der Waals surface area contributed by atoms with Crippen LogP contribution < -0.4 is 0 Å². The van der Waals surface area contributed by atoms with Gasteiger partial charge in [-0.1, -0.05) is 86.4 Å². The molecule has 9 unspecified atom stereocenters. The molecule has 1 N–H and O–H groups in total. The van der Waals surface area contributed by atoms with E-state index in [0.29, 0.717) is 41.3 Å². The summed E-state index contributed by atoms with van der Waals surface area (Å²) in [4.78, 5) is 38.3. The van der Waals surface area contributed by atoms with Crippen molar-refractivity contribution in [3.63, 3.8) is 0 Å². The van der Waals surface area contributed by atoms with E-state index in [9.17, 15) is 23.9 Å². The van der Waals surface area contributed by atoms with Gasteiger partial charge in [-0.2, -0.15) is 0 Å². The lowest BCUT2D eigenvalue weighted by Gasteiger charge is -2.69. The van der Waals surface area contributed by atoms with Crippen molar-refractivity contribution in [2.75, 3.05) is 0 Å².